The summed E-state index contributed by atoms with van der Waals surface area (Å²) in [6.45, 7) is 11.1. The molecule has 0 saturated heterocycles. The maximum atomic E-state index is 13.0. The first-order valence-corrected chi connectivity index (χ1v) is 9.34. The highest BCUT2D eigenvalue weighted by molar-refractivity contribution is 7.89. The lowest BCUT2D eigenvalue weighted by Gasteiger charge is -2.21. The second-order valence-electron chi connectivity index (χ2n) is 5.80. The lowest BCUT2D eigenvalue weighted by atomic mass is 10.2. The molecule has 1 aromatic carbocycles. The van der Waals surface area contributed by atoms with E-state index >= 15 is 0 Å². The van der Waals surface area contributed by atoms with Gasteiger partial charge in [0.05, 0.1) is 10.6 Å². The van der Waals surface area contributed by atoms with Crippen molar-refractivity contribution in [2.75, 3.05) is 6.54 Å². The zero-order chi connectivity index (χ0) is 17.2. The van der Waals surface area contributed by atoms with Crippen molar-refractivity contribution in [3.8, 4) is 0 Å². The number of nitrogens with zero attached hydrogens (tertiary/aromatic N) is 3. The van der Waals surface area contributed by atoms with Gasteiger partial charge in [0.25, 0.3) is 0 Å². The fourth-order valence-corrected chi connectivity index (χ4v) is 4.29. The van der Waals surface area contributed by atoms with Crippen LogP contribution in [0.2, 0.25) is 0 Å². The summed E-state index contributed by atoms with van der Waals surface area (Å²) < 4.78 is 29.4. The average molecular weight is 335 g/mol. The summed E-state index contributed by atoms with van der Waals surface area (Å²) in [5.41, 5.74) is 3.54. The molecule has 0 amide bonds. The van der Waals surface area contributed by atoms with Gasteiger partial charge in [-0.2, -0.15) is 9.40 Å². The SMILES string of the molecule is CCN(Cc1cn(CC)nc1C)S(=O)(=O)c1cc(C)ccc1C. The van der Waals surface area contributed by atoms with Gasteiger partial charge in [0.15, 0.2) is 0 Å². The van der Waals surface area contributed by atoms with E-state index in [2.05, 4.69) is 5.10 Å². The van der Waals surface area contributed by atoms with E-state index in [1.165, 1.54) is 4.31 Å². The Morgan fingerprint density at radius 3 is 2.43 bits per heavy atom. The summed E-state index contributed by atoms with van der Waals surface area (Å²) in [5.74, 6) is 0. The zero-order valence-corrected chi connectivity index (χ0v) is 15.3. The van der Waals surface area contributed by atoms with Crippen molar-refractivity contribution in [3.63, 3.8) is 0 Å². The quantitative estimate of drug-likeness (QED) is 0.815. The number of hydrogen-bond acceptors (Lipinski definition) is 3. The van der Waals surface area contributed by atoms with Gasteiger partial charge in [0, 0.05) is 31.4 Å². The molecule has 1 heterocycles. The number of hydrogen-bond donors (Lipinski definition) is 0. The Kier molecular flexibility index (Phi) is 5.26. The molecule has 0 fully saturated rings. The third kappa shape index (κ3) is 3.64. The molecule has 0 N–H and O–H groups in total. The van der Waals surface area contributed by atoms with Gasteiger partial charge in [-0.1, -0.05) is 19.1 Å². The summed E-state index contributed by atoms with van der Waals surface area (Å²) in [5, 5.41) is 4.40. The van der Waals surface area contributed by atoms with Crippen molar-refractivity contribution in [2.24, 2.45) is 0 Å². The van der Waals surface area contributed by atoms with E-state index in [0.717, 1.165) is 28.9 Å². The summed E-state index contributed by atoms with van der Waals surface area (Å²) in [7, 11) is -3.52. The maximum Gasteiger partial charge on any atom is 0.243 e. The van der Waals surface area contributed by atoms with E-state index in [1.807, 2.05) is 57.6 Å². The Hall–Kier alpha value is -1.66. The summed E-state index contributed by atoms with van der Waals surface area (Å²) >= 11 is 0. The van der Waals surface area contributed by atoms with Crippen LogP contribution in [0.15, 0.2) is 29.3 Å². The molecule has 0 atom stereocenters. The number of sulfonamides is 1. The molecule has 0 spiro atoms. The molecule has 0 radical (unpaired) electrons. The van der Waals surface area contributed by atoms with Crippen LogP contribution in [0, 0.1) is 20.8 Å². The molecule has 2 rings (SSSR count). The average Bonchev–Trinajstić information content (AvgIpc) is 2.87. The van der Waals surface area contributed by atoms with Crippen LogP contribution in [0.4, 0.5) is 0 Å². The minimum Gasteiger partial charge on any atom is -0.272 e. The standard InChI is InChI=1S/C17H25N3O2S/c1-6-19-11-16(15(5)18-19)12-20(7-2)23(21,22)17-10-13(3)8-9-14(17)4/h8-11H,6-7,12H2,1-5H3. The molecule has 0 saturated carbocycles. The summed E-state index contributed by atoms with van der Waals surface area (Å²) in [6, 6.07) is 5.53. The van der Waals surface area contributed by atoms with Crippen LogP contribution in [0.3, 0.4) is 0 Å². The van der Waals surface area contributed by atoms with Crippen LogP contribution in [0.1, 0.15) is 36.2 Å². The molecule has 0 aliphatic heterocycles. The van der Waals surface area contributed by atoms with Crippen LogP contribution in [0.5, 0.6) is 0 Å². The maximum absolute atomic E-state index is 13.0. The predicted molar refractivity (Wildman–Crippen MR) is 91.8 cm³/mol. The third-order valence-electron chi connectivity index (χ3n) is 4.03. The predicted octanol–water partition coefficient (Wildman–Crippen LogP) is 3.04. The Morgan fingerprint density at radius 1 is 1.17 bits per heavy atom. The van der Waals surface area contributed by atoms with Gasteiger partial charge >= 0.3 is 0 Å². The van der Waals surface area contributed by atoms with Crippen LogP contribution < -0.4 is 0 Å². The first kappa shape index (κ1) is 17.7. The lowest BCUT2D eigenvalue weighted by Crippen LogP contribution is -2.31. The highest BCUT2D eigenvalue weighted by Gasteiger charge is 2.26. The second kappa shape index (κ2) is 6.84. The fourth-order valence-electron chi connectivity index (χ4n) is 2.56. The molecule has 0 bridgehead atoms. The minimum atomic E-state index is -3.52. The Morgan fingerprint density at radius 2 is 1.87 bits per heavy atom. The molecule has 0 aliphatic rings. The van der Waals surface area contributed by atoms with Crippen molar-refractivity contribution < 1.29 is 8.42 Å². The summed E-state index contributed by atoms with van der Waals surface area (Å²) in [6.07, 6.45) is 1.93. The molecule has 126 valence electrons. The smallest absolute Gasteiger partial charge is 0.243 e. The lowest BCUT2D eigenvalue weighted by molar-refractivity contribution is 0.422. The topological polar surface area (TPSA) is 55.2 Å². The highest BCUT2D eigenvalue weighted by atomic mass is 32.2. The first-order chi connectivity index (χ1) is 10.8. The molecule has 1 aromatic heterocycles. The van der Waals surface area contributed by atoms with Crippen molar-refractivity contribution in [2.45, 2.75) is 52.6 Å². The van der Waals surface area contributed by atoms with Gasteiger partial charge < -0.3 is 0 Å². The van der Waals surface area contributed by atoms with Gasteiger partial charge in [-0.3, -0.25) is 4.68 Å². The third-order valence-corrected chi connectivity index (χ3v) is 6.10. The van der Waals surface area contributed by atoms with Gasteiger partial charge in [0.2, 0.25) is 10.0 Å². The van der Waals surface area contributed by atoms with Gasteiger partial charge in [0.1, 0.15) is 0 Å². The number of aromatic nitrogens is 2. The molecule has 23 heavy (non-hydrogen) atoms. The van der Waals surface area contributed by atoms with Crippen molar-refractivity contribution in [1.82, 2.24) is 14.1 Å². The van der Waals surface area contributed by atoms with Gasteiger partial charge in [-0.15, -0.1) is 0 Å². The van der Waals surface area contributed by atoms with E-state index in [4.69, 9.17) is 0 Å². The van der Waals surface area contributed by atoms with Crippen LogP contribution in [-0.2, 0) is 23.1 Å². The fraction of sp³-hybridized carbons (Fsp3) is 0.471. The Bertz CT molecular complexity index is 794. The largest absolute Gasteiger partial charge is 0.272 e. The Balaban J connectivity index is 2.39. The van der Waals surface area contributed by atoms with E-state index < -0.39 is 10.0 Å². The monoisotopic (exact) mass is 335 g/mol. The van der Waals surface area contributed by atoms with E-state index in [0.29, 0.717) is 18.0 Å². The number of aryl methyl sites for hydroxylation is 4. The van der Waals surface area contributed by atoms with E-state index in [-0.39, 0.29) is 0 Å². The molecular formula is C17H25N3O2S. The van der Waals surface area contributed by atoms with Crippen molar-refractivity contribution >= 4 is 10.0 Å². The van der Waals surface area contributed by atoms with Gasteiger partial charge in [-0.05, 0) is 44.9 Å². The van der Waals surface area contributed by atoms with E-state index in [9.17, 15) is 8.42 Å². The second-order valence-corrected chi connectivity index (χ2v) is 7.70. The molecule has 2 aromatic rings. The van der Waals surface area contributed by atoms with Crippen molar-refractivity contribution in [3.05, 3.63) is 46.8 Å². The van der Waals surface area contributed by atoms with Crippen molar-refractivity contribution in [1.29, 1.82) is 0 Å². The first-order valence-electron chi connectivity index (χ1n) is 7.89. The van der Waals surface area contributed by atoms with E-state index in [1.54, 1.807) is 6.07 Å². The Labute approximate surface area is 139 Å². The molecule has 5 nitrogen and oxygen atoms in total. The molecule has 0 unspecified atom stereocenters. The number of rotatable bonds is 6. The zero-order valence-electron chi connectivity index (χ0n) is 14.5. The normalized spacial score (nSPS) is 12.1. The highest BCUT2D eigenvalue weighted by Crippen LogP contribution is 2.23. The minimum absolute atomic E-state index is 0.345. The number of benzene rings is 1. The van der Waals surface area contributed by atoms with Crippen LogP contribution >= 0.6 is 0 Å². The van der Waals surface area contributed by atoms with Crippen LogP contribution in [0.25, 0.3) is 0 Å². The summed E-state index contributed by atoms with van der Waals surface area (Å²) in [4.78, 5) is 0.389. The molecular weight excluding hydrogens is 310 g/mol. The molecule has 6 heteroatoms. The van der Waals surface area contributed by atoms with Crippen LogP contribution in [-0.4, -0.2) is 29.0 Å². The van der Waals surface area contributed by atoms with Gasteiger partial charge in [-0.25, -0.2) is 8.42 Å². The molecule has 0 aliphatic carbocycles.